The maximum atomic E-state index is 10.7. The van der Waals surface area contributed by atoms with Crippen LogP contribution in [0.15, 0.2) is 12.4 Å². The van der Waals surface area contributed by atoms with Gasteiger partial charge in [-0.1, -0.05) is 27.7 Å². The first-order valence-electron chi connectivity index (χ1n) is 6.55. The summed E-state index contributed by atoms with van der Waals surface area (Å²) >= 11 is 0. The maximum absolute atomic E-state index is 10.7. The Morgan fingerprint density at radius 1 is 1.26 bits per heavy atom. The molecule has 0 bridgehead atoms. The van der Waals surface area contributed by atoms with E-state index in [2.05, 4.69) is 15.3 Å². The Kier molecular flexibility index (Phi) is 14.9. The number of amides is 1. The molecule has 110 valence electrons. The number of anilines is 1. The second-order valence-electron chi connectivity index (χ2n) is 2.85. The SMILES string of the molecule is CC.CC.CC(=O)Nc1cnc(OCCCO)cn1. The van der Waals surface area contributed by atoms with Gasteiger partial charge in [-0.3, -0.25) is 4.79 Å². The van der Waals surface area contributed by atoms with E-state index >= 15 is 0 Å². The molecule has 0 aliphatic heterocycles. The van der Waals surface area contributed by atoms with E-state index in [-0.39, 0.29) is 12.5 Å². The molecule has 0 aliphatic rings. The number of aromatic nitrogens is 2. The highest BCUT2D eigenvalue weighted by Gasteiger charge is 1.99. The van der Waals surface area contributed by atoms with Crippen LogP contribution >= 0.6 is 0 Å². The number of hydrogen-bond donors (Lipinski definition) is 2. The molecule has 0 aliphatic carbocycles. The Morgan fingerprint density at radius 3 is 2.32 bits per heavy atom. The van der Waals surface area contributed by atoms with Crippen molar-refractivity contribution >= 4 is 11.7 Å². The van der Waals surface area contributed by atoms with Gasteiger partial charge in [0.25, 0.3) is 0 Å². The lowest BCUT2D eigenvalue weighted by molar-refractivity contribution is -0.114. The van der Waals surface area contributed by atoms with Crippen LogP contribution in [0.4, 0.5) is 5.82 Å². The van der Waals surface area contributed by atoms with Crippen molar-refractivity contribution in [2.45, 2.75) is 41.0 Å². The fourth-order valence-electron chi connectivity index (χ4n) is 0.877. The predicted octanol–water partition coefficient (Wildman–Crippen LogP) is 2.25. The van der Waals surface area contributed by atoms with Crippen LogP contribution in [0.5, 0.6) is 5.88 Å². The fourth-order valence-corrected chi connectivity index (χ4v) is 0.877. The zero-order chi connectivity index (χ0) is 15.1. The topological polar surface area (TPSA) is 84.3 Å². The van der Waals surface area contributed by atoms with Crippen molar-refractivity contribution in [3.63, 3.8) is 0 Å². The van der Waals surface area contributed by atoms with E-state index in [1.54, 1.807) is 0 Å². The Hall–Kier alpha value is -1.69. The average molecular weight is 271 g/mol. The van der Waals surface area contributed by atoms with E-state index < -0.39 is 0 Å². The van der Waals surface area contributed by atoms with Crippen molar-refractivity contribution in [3.05, 3.63) is 12.4 Å². The molecule has 0 spiro atoms. The first kappa shape index (κ1) is 19.6. The highest BCUT2D eigenvalue weighted by Crippen LogP contribution is 2.07. The lowest BCUT2D eigenvalue weighted by atomic mass is 10.5. The Bertz CT molecular complexity index is 315. The number of nitrogens with one attached hydrogen (secondary N) is 1. The Morgan fingerprint density at radius 2 is 1.89 bits per heavy atom. The molecule has 1 aromatic rings. The number of aliphatic hydroxyl groups is 1. The summed E-state index contributed by atoms with van der Waals surface area (Å²) in [7, 11) is 0. The van der Waals surface area contributed by atoms with E-state index in [0.717, 1.165) is 0 Å². The quantitative estimate of drug-likeness (QED) is 0.802. The maximum Gasteiger partial charge on any atom is 0.232 e. The minimum atomic E-state index is -0.196. The highest BCUT2D eigenvalue weighted by molar-refractivity contribution is 5.87. The molecule has 0 unspecified atom stereocenters. The molecule has 1 heterocycles. The number of carbonyl (C=O) groups is 1. The summed E-state index contributed by atoms with van der Waals surface area (Å²) in [5, 5.41) is 11.0. The van der Waals surface area contributed by atoms with E-state index in [1.165, 1.54) is 19.3 Å². The molecule has 19 heavy (non-hydrogen) atoms. The summed E-state index contributed by atoms with van der Waals surface area (Å²) in [5.74, 6) is 0.563. The molecule has 2 N–H and O–H groups in total. The predicted molar refractivity (Wildman–Crippen MR) is 76.2 cm³/mol. The number of aliphatic hydroxyl groups excluding tert-OH is 1. The molecule has 0 aromatic carbocycles. The zero-order valence-corrected chi connectivity index (χ0v) is 12.4. The average Bonchev–Trinajstić information content (AvgIpc) is 2.45. The third-order valence-electron chi connectivity index (χ3n) is 1.48. The van der Waals surface area contributed by atoms with Crippen LogP contribution < -0.4 is 10.1 Å². The summed E-state index contributed by atoms with van der Waals surface area (Å²) in [6, 6.07) is 0. The molecule has 6 nitrogen and oxygen atoms in total. The van der Waals surface area contributed by atoms with Gasteiger partial charge in [-0.2, -0.15) is 0 Å². The fraction of sp³-hybridized carbons (Fsp3) is 0.615. The molecular weight excluding hydrogens is 246 g/mol. The monoisotopic (exact) mass is 271 g/mol. The highest BCUT2D eigenvalue weighted by atomic mass is 16.5. The molecule has 0 saturated heterocycles. The van der Waals surface area contributed by atoms with Crippen LogP contribution in [0.1, 0.15) is 41.0 Å². The Labute approximate surface area is 115 Å². The normalized spacial score (nSPS) is 8.32. The lowest BCUT2D eigenvalue weighted by Gasteiger charge is -2.04. The summed E-state index contributed by atoms with van der Waals surface area (Å²) in [4.78, 5) is 18.5. The van der Waals surface area contributed by atoms with Crippen molar-refractivity contribution < 1.29 is 14.6 Å². The van der Waals surface area contributed by atoms with E-state index in [4.69, 9.17) is 9.84 Å². The lowest BCUT2D eigenvalue weighted by Crippen LogP contribution is -2.08. The van der Waals surface area contributed by atoms with Crippen molar-refractivity contribution in [2.24, 2.45) is 0 Å². The Balaban J connectivity index is 0. The summed E-state index contributed by atoms with van der Waals surface area (Å²) < 4.78 is 5.16. The van der Waals surface area contributed by atoms with Crippen LogP contribution in [0.3, 0.4) is 0 Å². The number of nitrogens with zero attached hydrogens (tertiary/aromatic N) is 2. The number of rotatable bonds is 5. The first-order valence-corrected chi connectivity index (χ1v) is 6.55. The van der Waals surface area contributed by atoms with Crippen molar-refractivity contribution in [3.8, 4) is 5.88 Å². The molecule has 1 amide bonds. The van der Waals surface area contributed by atoms with Gasteiger partial charge in [0.1, 0.15) is 0 Å². The van der Waals surface area contributed by atoms with Crippen molar-refractivity contribution in [1.29, 1.82) is 0 Å². The van der Waals surface area contributed by atoms with Crippen LogP contribution in [0.2, 0.25) is 0 Å². The first-order chi connectivity index (χ1) is 9.22. The minimum Gasteiger partial charge on any atom is -0.476 e. The second kappa shape index (κ2) is 14.4. The van der Waals surface area contributed by atoms with Crippen LogP contribution in [-0.2, 0) is 4.79 Å². The minimum absolute atomic E-state index is 0.0808. The van der Waals surface area contributed by atoms with Gasteiger partial charge >= 0.3 is 0 Å². The summed E-state index contributed by atoms with van der Waals surface area (Å²) in [5.41, 5.74) is 0. The van der Waals surface area contributed by atoms with Gasteiger partial charge < -0.3 is 15.2 Å². The third kappa shape index (κ3) is 11.1. The largest absolute Gasteiger partial charge is 0.476 e. The standard InChI is InChI=1S/C9H13N3O3.2C2H6/c1-7(14)12-8-5-11-9(6-10-8)15-4-2-3-13;2*1-2/h5-6,13H,2-4H2,1H3,(H,10,12,14);2*1-2H3. The van der Waals surface area contributed by atoms with Crippen molar-refractivity contribution in [1.82, 2.24) is 9.97 Å². The molecule has 6 heteroatoms. The number of hydrogen-bond acceptors (Lipinski definition) is 5. The molecule has 1 rings (SSSR count). The smallest absolute Gasteiger partial charge is 0.232 e. The third-order valence-corrected chi connectivity index (χ3v) is 1.48. The molecule has 1 aromatic heterocycles. The van der Waals surface area contributed by atoms with Gasteiger partial charge in [0, 0.05) is 20.0 Å². The van der Waals surface area contributed by atoms with Crippen LogP contribution in [-0.4, -0.2) is 34.2 Å². The number of ether oxygens (including phenoxy) is 1. The van der Waals surface area contributed by atoms with E-state index in [0.29, 0.717) is 24.7 Å². The van der Waals surface area contributed by atoms with E-state index in [1.807, 2.05) is 27.7 Å². The van der Waals surface area contributed by atoms with Crippen LogP contribution in [0.25, 0.3) is 0 Å². The van der Waals surface area contributed by atoms with Crippen LogP contribution in [0, 0.1) is 0 Å². The summed E-state index contributed by atoms with van der Waals surface area (Å²) in [6.45, 7) is 9.87. The van der Waals surface area contributed by atoms with Gasteiger partial charge in [-0.15, -0.1) is 0 Å². The molecule has 0 saturated carbocycles. The van der Waals surface area contributed by atoms with Gasteiger partial charge in [0.05, 0.1) is 19.0 Å². The summed E-state index contributed by atoms with van der Waals surface area (Å²) in [6.07, 6.45) is 3.38. The van der Waals surface area contributed by atoms with Gasteiger partial charge in [0.15, 0.2) is 5.82 Å². The molecule has 0 radical (unpaired) electrons. The van der Waals surface area contributed by atoms with Crippen molar-refractivity contribution in [2.75, 3.05) is 18.5 Å². The van der Waals surface area contributed by atoms with Gasteiger partial charge in [-0.25, -0.2) is 9.97 Å². The molecular formula is C13H25N3O3. The molecule has 0 atom stereocenters. The van der Waals surface area contributed by atoms with Gasteiger partial charge in [0.2, 0.25) is 11.8 Å². The number of carbonyl (C=O) groups excluding carboxylic acids is 1. The van der Waals surface area contributed by atoms with E-state index in [9.17, 15) is 4.79 Å². The second-order valence-corrected chi connectivity index (χ2v) is 2.85. The molecule has 0 fully saturated rings. The zero-order valence-electron chi connectivity index (χ0n) is 12.4. The van der Waals surface area contributed by atoms with Gasteiger partial charge in [-0.05, 0) is 0 Å².